The van der Waals surface area contributed by atoms with E-state index in [0.29, 0.717) is 18.2 Å². The lowest BCUT2D eigenvalue weighted by molar-refractivity contribution is 0.343. The predicted octanol–water partition coefficient (Wildman–Crippen LogP) is 2.66. The highest BCUT2D eigenvalue weighted by Gasteiger charge is 2.26. The molecule has 1 aliphatic carbocycles. The SMILES string of the molecule is N#Cc1cccc(OCCSc2nncn2C2CC2)c1. The summed E-state index contributed by atoms with van der Waals surface area (Å²) in [5.41, 5.74) is 0.614. The molecule has 1 aliphatic rings. The van der Waals surface area contributed by atoms with E-state index in [1.807, 2.05) is 12.1 Å². The van der Waals surface area contributed by atoms with Crippen molar-refractivity contribution in [3.8, 4) is 11.8 Å². The number of thioether (sulfide) groups is 1. The van der Waals surface area contributed by atoms with Crippen LogP contribution in [0.2, 0.25) is 0 Å². The summed E-state index contributed by atoms with van der Waals surface area (Å²) in [6.45, 7) is 0.580. The Labute approximate surface area is 121 Å². The molecule has 1 aromatic carbocycles. The molecule has 3 rings (SSSR count). The third-order valence-electron chi connectivity index (χ3n) is 3.03. The Balaban J connectivity index is 1.48. The number of hydrogen-bond donors (Lipinski definition) is 0. The van der Waals surface area contributed by atoms with Crippen molar-refractivity contribution in [3.05, 3.63) is 36.2 Å². The van der Waals surface area contributed by atoms with Crippen molar-refractivity contribution in [1.82, 2.24) is 14.8 Å². The molecule has 6 heteroatoms. The molecule has 102 valence electrons. The van der Waals surface area contributed by atoms with Gasteiger partial charge in [0, 0.05) is 11.8 Å². The number of benzene rings is 1. The van der Waals surface area contributed by atoms with Crippen LogP contribution in [0, 0.1) is 11.3 Å². The molecule has 0 bridgehead atoms. The summed E-state index contributed by atoms with van der Waals surface area (Å²) in [6.07, 6.45) is 4.25. The van der Waals surface area contributed by atoms with Gasteiger partial charge in [-0.15, -0.1) is 10.2 Å². The molecule has 2 aromatic rings. The number of rotatable bonds is 6. The topological polar surface area (TPSA) is 63.7 Å². The summed E-state index contributed by atoms with van der Waals surface area (Å²) in [5.74, 6) is 1.54. The maximum Gasteiger partial charge on any atom is 0.191 e. The van der Waals surface area contributed by atoms with Crippen LogP contribution in [0.15, 0.2) is 35.7 Å². The molecule has 20 heavy (non-hydrogen) atoms. The lowest BCUT2D eigenvalue weighted by Crippen LogP contribution is -2.02. The molecule has 1 saturated carbocycles. The summed E-state index contributed by atoms with van der Waals surface area (Å²) in [4.78, 5) is 0. The quantitative estimate of drug-likeness (QED) is 0.603. The fourth-order valence-electron chi connectivity index (χ4n) is 1.89. The van der Waals surface area contributed by atoms with Crippen molar-refractivity contribution in [1.29, 1.82) is 5.26 Å². The molecule has 0 saturated heterocycles. The second kappa shape index (κ2) is 5.97. The van der Waals surface area contributed by atoms with Gasteiger partial charge in [-0.1, -0.05) is 17.8 Å². The van der Waals surface area contributed by atoms with Gasteiger partial charge >= 0.3 is 0 Å². The average Bonchev–Trinajstić information content (AvgIpc) is 3.23. The normalized spacial score (nSPS) is 13.9. The minimum absolute atomic E-state index is 0.580. The molecule has 0 atom stereocenters. The lowest BCUT2D eigenvalue weighted by Gasteiger charge is -2.06. The zero-order valence-electron chi connectivity index (χ0n) is 10.9. The first-order chi connectivity index (χ1) is 9.86. The fraction of sp³-hybridized carbons (Fsp3) is 0.357. The molecule has 0 spiro atoms. The van der Waals surface area contributed by atoms with Crippen molar-refractivity contribution in [3.63, 3.8) is 0 Å². The van der Waals surface area contributed by atoms with Gasteiger partial charge in [0.15, 0.2) is 5.16 Å². The van der Waals surface area contributed by atoms with Crippen LogP contribution in [0.5, 0.6) is 5.75 Å². The number of hydrogen-bond acceptors (Lipinski definition) is 5. The van der Waals surface area contributed by atoms with Gasteiger partial charge in [0.2, 0.25) is 0 Å². The molecule has 0 N–H and O–H groups in total. The van der Waals surface area contributed by atoms with Crippen LogP contribution in [-0.4, -0.2) is 27.1 Å². The number of nitrogens with zero attached hydrogens (tertiary/aromatic N) is 4. The molecular weight excluding hydrogens is 272 g/mol. The molecular formula is C14H14N4OS. The highest BCUT2D eigenvalue weighted by molar-refractivity contribution is 7.99. The zero-order chi connectivity index (χ0) is 13.8. The second-order valence-electron chi connectivity index (χ2n) is 4.59. The van der Waals surface area contributed by atoms with Gasteiger partial charge in [0.05, 0.1) is 18.2 Å². The van der Waals surface area contributed by atoms with Crippen molar-refractivity contribution in [2.24, 2.45) is 0 Å². The van der Waals surface area contributed by atoms with Crippen LogP contribution in [0.3, 0.4) is 0 Å². The van der Waals surface area contributed by atoms with Gasteiger partial charge in [-0.05, 0) is 31.0 Å². The monoisotopic (exact) mass is 286 g/mol. The van der Waals surface area contributed by atoms with Crippen LogP contribution in [0.4, 0.5) is 0 Å². The Hall–Kier alpha value is -2.00. The predicted molar refractivity (Wildman–Crippen MR) is 75.7 cm³/mol. The van der Waals surface area contributed by atoms with Crippen molar-refractivity contribution < 1.29 is 4.74 Å². The third-order valence-corrected chi connectivity index (χ3v) is 3.95. The molecule has 0 aliphatic heterocycles. The summed E-state index contributed by atoms with van der Waals surface area (Å²) in [7, 11) is 0. The Bertz CT molecular complexity index is 630. The van der Waals surface area contributed by atoms with Crippen molar-refractivity contribution in [2.75, 3.05) is 12.4 Å². The largest absolute Gasteiger partial charge is 0.493 e. The molecule has 1 fully saturated rings. The van der Waals surface area contributed by atoms with Gasteiger partial charge in [0.1, 0.15) is 12.1 Å². The standard InChI is InChI=1S/C14H14N4OS/c15-9-11-2-1-3-13(8-11)19-6-7-20-14-17-16-10-18(14)12-4-5-12/h1-3,8,10,12H,4-7H2. The van der Waals surface area contributed by atoms with Gasteiger partial charge < -0.3 is 9.30 Å². The average molecular weight is 286 g/mol. The molecule has 5 nitrogen and oxygen atoms in total. The Morgan fingerprint density at radius 2 is 2.35 bits per heavy atom. The van der Waals surface area contributed by atoms with Crippen LogP contribution < -0.4 is 4.74 Å². The van der Waals surface area contributed by atoms with E-state index in [2.05, 4.69) is 20.8 Å². The first-order valence-corrected chi connectivity index (χ1v) is 7.50. The van der Waals surface area contributed by atoms with Crippen LogP contribution >= 0.6 is 11.8 Å². The van der Waals surface area contributed by atoms with E-state index in [0.717, 1.165) is 16.7 Å². The van der Waals surface area contributed by atoms with E-state index in [1.54, 1.807) is 30.2 Å². The van der Waals surface area contributed by atoms with Crippen LogP contribution in [0.1, 0.15) is 24.4 Å². The van der Waals surface area contributed by atoms with Gasteiger partial charge in [-0.3, -0.25) is 0 Å². The highest BCUT2D eigenvalue weighted by atomic mass is 32.2. The Kier molecular flexibility index (Phi) is 3.88. The Morgan fingerprint density at radius 3 is 3.15 bits per heavy atom. The van der Waals surface area contributed by atoms with Gasteiger partial charge in [-0.2, -0.15) is 5.26 Å². The van der Waals surface area contributed by atoms with E-state index in [1.165, 1.54) is 12.8 Å². The maximum absolute atomic E-state index is 8.82. The zero-order valence-corrected chi connectivity index (χ0v) is 11.7. The molecule has 0 radical (unpaired) electrons. The van der Waals surface area contributed by atoms with Gasteiger partial charge in [-0.25, -0.2) is 0 Å². The number of aromatic nitrogens is 3. The molecule has 1 heterocycles. The van der Waals surface area contributed by atoms with Crippen molar-refractivity contribution >= 4 is 11.8 Å². The van der Waals surface area contributed by atoms with Crippen LogP contribution in [-0.2, 0) is 0 Å². The summed E-state index contributed by atoms with van der Waals surface area (Å²) in [5, 5.41) is 17.9. The summed E-state index contributed by atoms with van der Waals surface area (Å²) in [6, 6.07) is 9.89. The molecule has 0 unspecified atom stereocenters. The van der Waals surface area contributed by atoms with Crippen LogP contribution in [0.25, 0.3) is 0 Å². The highest BCUT2D eigenvalue weighted by Crippen LogP contribution is 2.37. The van der Waals surface area contributed by atoms with E-state index < -0.39 is 0 Å². The van der Waals surface area contributed by atoms with Gasteiger partial charge in [0.25, 0.3) is 0 Å². The minimum atomic E-state index is 0.580. The summed E-state index contributed by atoms with van der Waals surface area (Å²) < 4.78 is 7.77. The smallest absolute Gasteiger partial charge is 0.191 e. The number of ether oxygens (including phenoxy) is 1. The minimum Gasteiger partial charge on any atom is -0.493 e. The molecule has 0 amide bonds. The van der Waals surface area contributed by atoms with E-state index in [9.17, 15) is 0 Å². The Morgan fingerprint density at radius 1 is 1.45 bits per heavy atom. The second-order valence-corrected chi connectivity index (χ2v) is 5.65. The van der Waals surface area contributed by atoms with E-state index in [4.69, 9.17) is 10.00 Å². The third kappa shape index (κ3) is 3.11. The van der Waals surface area contributed by atoms with E-state index >= 15 is 0 Å². The van der Waals surface area contributed by atoms with E-state index in [-0.39, 0.29) is 0 Å². The lowest BCUT2D eigenvalue weighted by atomic mass is 10.2. The maximum atomic E-state index is 8.82. The molecule has 1 aromatic heterocycles. The van der Waals surface area contributed by atoms with Crippen molar-refractivity contribution in [2.45, 2.75) is 24.0 Å². The first kappa shape index (κ1) is 13.0. The fourth-order valence-corrected chi connectivity index (χ4v) is 2.69. The first-order valence-electron chi connectivity index (χ1n) is 6.52. The summed E-state index contributed by atoms with van der Waals surface area (Å²) >= 11 is 1.65. The number of nitriles is 1.